The lowest BCUT2D eigenvalue weighted by Gasteiger charge is -2.08. The number of amides is 2. The Labute approximate surface area is 169 Å². The number of nitrogens with one attached hydrogen (secondary N) is 2. The van der Waals surface area contributed by atoms with Crippen LogP contribution in [0.2, 0.25) is 0 Å². The number of carbonyl (C=O) groups excluding carboxylic acids is 2. The molecule has 3 rings (SSSR count). The first-order valence-corrected chi connectivity index (χ1v) is 8.56. The number of anilines is 2. The Bertz CT molecular complexity index is 1070. The molecule has 0 aromatic heterocycles. The van der Waals surface area contributed by atoms with Gasteiger partial charge in [0.15, 0.2) is 0 Å². The van der Waals surface area contributed by atoms with Gasteiger partial charge in [-0.05, 0) is 30.3 Å². The van der Waals surface area contributed by atoms with Gasteiger partial charge in [0.05, 0.1) is 9.85 Å². The molecule has 0 saturated heterocycles. The van der Waals surface area contributed by atoms with Crippen LogP contribution >= 0.6 is 0 Å². The number of nitro benzene ring substituents is 2. The molecule has 10 heteroatoms. The van der Waals surface area contributed by atoms with Gasteiger partial charge < -0.3 is 10.6 Å². The molecule has 3 aromatic rings. The zero-order chi connectivity index (χ0) is 21.7. The molecule has 0 saturated carbocycles. The lowest BCUT2D eigenvalue weighted by atomic mass is 10.1. The zero-order valence-corrected chi connectivity index (χ0v) is 15.3. The van der Waals surface area contributed by atoms with Crippen LogP contribution in [0, 0.1) is 20.2 Å². The Morgan fingerprint density at radius 2 is 1.03 bits per heavy atom. The molecule has 0 radical (unpaired) electrons. The molecular weight excluding hydrogens is 392 g/mol. The number of hydrogen-bond acceptors (Lipinski definition) is 6. The van der Waals surface area contributed by atoms with E-state index in [1.165, 1.54) is 60.7 Å². The maximum atomic E-state index is 12.5. The molecule has 10 nitrogen and oxygen atoms in total. The first kappa shape index (κ1) is 20.1. The van der Waals surface area contributed by atoms with Gasteiger partial charge in [-0.3, -0.25) is 29.8 Å². The van der Waals surface area contributed by atoms with Crippen LogP contribution in [0.4, 0.5) is 22.7 Å². The molecule has 0 spiro atoms. The van der Waals surface area contributed by atoms with Gasteiger partial charge in [0.25, 0.3) is 23.2 Å². The molecule has 0 fully saturated rings. The fraction of sp³-hybridized carbons (Fsp3) is 0. The standard InChI is InChI=1S/C20H14N4O6/c25-19(21-15-8-1-3-10-17(15)23(27)28)13-6-5-7-14(12-13)20(26)22-16-9-2-4-11-18(16)24(29)30/h1-12H,(H,21,25)(H,22,26). The van der Waals surface area contributed by atoms with Crippen molar-refractivity contribution >= 4 is 34.6 Å². The van der Waals surface area contributed by atoms with Crippen LogP contribution in [0.5, 0.6) is 0 Å². The van der Waals surface area contributed by atoms with Gasteiger partial charge in [-0.2, -0.15) is 0 Å². The molecule has 0 heterocycles. The Hall–Kier alpha value is -4.60. The molecule has 0 bridgehead atoms. The summed E-state index contributed by atoms with van der Waals surface area (Å²) in [5.74, 6) is -1.30. The van der Waals surface area contributed by atoms with Crippen molar-refractivity contribution in [1.82, 2.24) is 0 Å². The molecule has 0 aliphatic carbocycles. The third-order valence-corrected chi connectivity index (χ3v) is 4.08. The van der Waals surface area contributed by atoms with Crippen LogP contribution in [-0.4, -0.2) is 21.7 Å². The third-order valence-electron chi connectivity index (χ3n) is 4.08. The van der Waals surface area contributed by atoms with Gasteiger partial charge in [0.2, 0.25) is 0 Å². The van der Waals surface area contributed by atoms with E-state index in [1.54, 1.807) is 12.1 Å². The highest BCUT2D eigenvalue weighted by molar-refractivity contribution is 6.09. The maximum Gasteiger partial charge on any atom is 0.292 e. The van der Waals surface area contributed by atoms with E-state index in [-0.39, 0.29) is 33.9 Å². The minimum absolute atomic E-state index is 0.0160. The normalized spacial score (nSPS) is 10.1. The zero-order valence-electron chi connectivity index (χ0n) is 15.3. The van der Waals surface area contributed by atoms with Crippen molar-refractivity contribution in [1.29, 1.82) is 0 Å². The molecule has 2 N–H and O–H groups in total. The quantitative estimate of drug-likeness (QED) is 0.467. The Balaban J connectivity index is 1.81. The number of nitrogens with zero attached hydrogens (tertiary/aromatic N) is 2. The van der Waals surface area contributed by atoms with E-state index < -0.39 is 21.7 Å². The van der Waals surface area contributed by atoms with E-state index in [0.717, 1.165) is 0 Å². The van der Waals surface area contributed by atoms with Crippen molar-refractivity contribution in [3.05, 3.63) is 104 Å². The predicted octanol–water partition coefficient (Wildman–Crippen LogP) is 4.01. The topological polar surface area (TPSA) is 144 Å². The minimum atomic E-state index is -0.648. The van der Waals surface area contributed by atoms with Gasteiger partial charge in [-0.15, -0.1) is 0 Å². The molecule has 0 atom stereocenters. The van der Waals surface area contributed by atoms with Crippen LogP contribution < -0.4 is 10.6 Å². The van der Waals surface area contributed by atoms with Crippen molar-refractivity contribution in [2.45, 2.75) is 0 Å². The van der Waals surface area contributed by atoms with Crippen LogP contribution in [0.3, 0.4) is 0 Å². The van der Waals surface area contributed by atoms with Gasteiger partial charge in [0, 0.05) is 23.3 Å². The van der Waals surface area contributed by atoms with E-state index in [4.69, 9.17) is 0 Å². The lowest BCUT2D eigenvalue weighted by molar-refractivity contribution is -0.384. The highest BCUT2D eigenvalue weighted by Crippen LogP contribution is 2.25. The van der Waals surface area contributed by atoms with E-state index in [9.17, 15) is 29.8 Å². The number of nitro groups is 2. The van der Waals surface area contributed by atoms with Crippen molar-refractivity contribution in [3.8, 4) is 0 Å². The van der Waals surface area contributed by atoms with Crippen LogP contribution in [-0.2, 0) is 0 Å². The highest BCUT2D eigenvalue weighted by Gasteiger charge is 2.18. The summed E-state index contributed by atoms with van der Waals surface area (Å²) in [6.07, 6.45) is 0. The molecule has 0 aliphatic heterocycles. The number of hydrogen-bond donors (Lipinski definition) is 2. The summed E-state index contributed by atoms with van der Waals surface area (Å²) in [4.78, 5) is 46.0. The number of rotatable bonds is 6. The summed E-state index contributed by atoms with van der Waals surface area (Å²) in [6, 6.07) is 16.9. The second-order valence-electron chi connectivity index (χ2n) is 6.04. The van der Waals surface area contributed by atoms with E-state index in [1.807, 2.05) is 0 Å². The van der Waals surface area contributed by atoms with Crippen molar-refractivity contribution in [3.63, 3.8) is 0 Å². The van der Waals surface area contributed by atoms with Gasteiger partial charge >= 0.3 is 0 Å². The molecule has 0 aliphatic rings. The Morgan fingerprint density at radius 1 is 0.633 bits per heavy atom. The fourth-order valence-corrected chi connectivity index (χ4v) is 2.67. The third kappa shape index (κ3) is 4.44. The summed E-state index contributed by atoms with van der Waals surface area (Å²) >= 11 is 0. The van der Waals surface area contributed by atoms with Crippen LogP contribution in [0.15, 0.2) is 72.8 Å². The largest absolute Gasteiger partial charge is 0.316 e. The van der Waals surface area contributed by atoms with Gasteiger partial charge in [-0.25, -0.2) is 0 Å². The highest BCUT2D eigenvalue weighted by atomic mass is 16.6. The Kier molecular flexibility index (Phi) is 5.78. The maximum absolute atomic E-state index is 12.5. The molecule has 150 valence electrons. The number of para-hydroxylation sites is 4. The smallest absolute Gasteiger partial charge is 0.292 e. The molecule has 30 heavy (non-hydrogen) atoms. The van der Waals surface area contributed by atoms with Crippen LogP contribution in [0.1, 0.15) is 20.7 Å². The SMILES string of the molecule is O=C(Nc1ccccc1[N+](=O)[O-])c1cccc(C(=O)Nc2ccccc2[N+](=O)[O-])c1. The van der Waals surface area contributed by atoms with Gasteiger partial charge in [0.1, 0.15) is 11.4 Å². The number of benzene rings is 3. The minimum Gasteiger partial charge on any atom is -0.316 e. The van der Waals surface area contributed by atoms with E-state index >= 15 is 0 Å². The van der Waals surface area contributed by atoms with Gasteiger partial charge in [-0.1, -0.05) is 30.3 Å². The molecule has 3 aromatic carbocycles. The predicted molar refractivity (Wildman–Crippen MR) is 109 cm³/mol. The summed E-state index contributed by atoms with van der Waals surface area (Å²) in [7, 11) is 0. The monoisotopic (exact) mass is 406 g/mol. The second-order valence-corrected chi connectivity index (χ2v) is 6.04. The summed E-state index contributed by atoms with van der Waals surface area (Å²) in [6.45, 7) is 0. The molecule has 0 unspecified atom stereocenters. The Morgan fingerprint density at radius 3 is 1.43 bits per heavy atom. The summed E-state index contributed by atoms with van der Waals surface area (Å²) < 4.78 is 0. The van der Waals surface area contributed by atoms with Crippen molar-refractivity contribution in [2.24, 2.45) is 0 Å². The van der Waals surface area contributed by atoms with E-state index in [2.05, 4.69) is 10.6 Å². The summed E-state index contributed by atoms with van der Waals surface area (Å²) in [5, 5.41) is 27.1. The fourth-order valence-electron chi connectivity index (χ4n) is 2.67. The first-order chi connectivity index (χ1) is 14.4. The van der Waals surface area contributed by atoms with Crippen LogP contribution in [0.25, 0.3) is 0 Å². The average Bonchev–Trinajstić information content (AvgIpc) is 2.74. The lowest BCUT2D eigenvalue weighted by Crippen LogP contribution is -2.16. The molecular formula is C20H14N4O6. The van der Waals surface area contributed by atoms with E-state index in [0.29, 0.717) is 0 Å². The average molecular weight is 406 g/mol. The van der Waals surface area contributed by atoms with Crippen molar-refractivity contribution < 1.29 is 19.4 Å². The van der Waals surface area contributed by atoms with Crippen molar-refractivity contribution in [2.75, 3.05) is 10.6 Å². The summed E-state index contributed by atoms with van der Waals surface area (Å²) in [5.41, 5.74) is -0.330. The number of carbonyl (C=O) groups is 2. The molecule has 2 amide bonds. The second kappa shape index (κ2) is 8.61. The first-order valence-electron chi connectivity index (χ1n) is 8.56.